The molecule has 0 saturated carbocycles. The Morgan fingerprint density at radius 2 is 1.70 bits per heavy atom. The van der Waals surface area contributed by atoms with Gasteiger partial charge in [-0.25, -0.2) is 4.79 Å². The average molecular weight is 366 g/mol. The molecule has 0 aliphatic carbocycles. The van der Waals surface area contributed by atoms with Gasteiger partial charge in [-0.3, -0.25) is 14.3 Å². The highest BCUT2D eigenvalue weighted by molar-refractivity contribution is 5.93. The number of para-hydroxylation sites is 1. The molecule has 0 bridgehead atoms. The second-order valence-electron chi connectivity index (χ2n) is 6.80. The third-order valence-corrected chi connectivity index (χ3v) is 5.03. The quantitative estimate of drug-likeness (QED) is 0.719. The molecule has 0 unspecified atom stereocenters. The Balaban J connectivity index is 1.83. The van der Waals surface area contributed by atoms with Crippen molar-refractivity contribution in [3.63, 3.8) is 0 Å². The molecule has 2 heterocycles. The summed E-state index contributed by atoms with van der Waals surface area (Å²) in [6, 6.07) is 13.8. The second-order valence-corrected chi connectivity index (χ2v) is 6.80. The van der Waals surface area contributed by atoms with Crippen LogP contribution in [-0.2, 0) is 6.54 Å². The highest BCUT2D eigenvalue weighted by Crippen LogP contribution is 2.22. The van der Waals surface area contributed by atoms with E-state index < -0.39 is 22.9 Å². The molecule has 1 saturated heterocycles. The van der Waals surface area contributed by atoms with E-state index in [-0.39, 0.29) is 5.39 Å². The molecule has 1 N–H and O–H groups in total. The van der Waals surface area contributed by atoms with Crippen LogP contribution in [0, 0.1) is 5.95 Å². The van der Waals surface area contributed by atoms with E-state index in [0.29, 0.717) is 11.2 Å². The average Bonchev–Trinajstić information content (AvgIpc) is 3.16. The van der Waals surface area contributed by atoms with Crippen molar-refractivity contribution >= 4 is 16.9 Å². The molecule has 27 heavy (non-hydrogen) atoms. The van der Waals surface area contributed by atoms with Crippen molar-refractivity contribution in [3.8, 4) is 5.69 Å². The number of aromatic carboxylic acids is 1. The van der Waals surface area contributed by atoms with Gasteiger partial charge in [0.05, 0.1) is 5.52 Å². The molecule has 4 rings (SSSR count). The summed E-state index contributed by atoms with van der Waals surface area (Å²) in [7, 11) is 0. The van der Waals surface area contributed by atoms with Gasteiger partial charge in [-0.05, 0) is 55.8 Å². The topological polar surface area (TPSA) is 62.5 Å². The number of carboxylic acids is 1. The Hall–Kier alpha value is -2.99. The number of aromatic nitrogens is 1. The van der Waals surface area contributed by atoms with Gasteiger partial charge in [0, 0.05) is 17.6 Å². The fraction of sp³-hybridized carbons (Fsp3) is 0.238. The van der Waals surface area contributed by atoms with Gasteiger partial charge in [0.25, 0.3) is 0 Å². The first-order valence-corrected chi connectivity index (χ1v) is 8.94. The Morgan fingerprint density at radius 1 is 1.04 bits per heavy atom. The van der Waals surface area contributed by atoms with Gasteiger partial charge in [-0.15, -0.1) is 0 Å². The minimum Gasteiger partial charge on any atom is -0.477 e. The van der Waals surface area contributed by atoms with E-state index in [1.807, 2.05) is 12.1 Å². The lowest BCUT2D eigenvalue weighted by Crippen LogP contribution is -2.23. The smallest absolute Gasteiger partial charge is 0.344 e. The molecule has 0 amide bonds. The monoisotopic (exact) mass is 366 g/mol. The second kappa shape index (κ2) is 6.96. The van der Waals surface area contributed by atoms with E-state index in [2.05, 4.69) is 4.90 Å². The maximum atomic E-state index is 15.0. The standard InChI is InChI=1S/C21H19FN2O3/c22-20-18(21(26)27)19(25)16-5-1-2-6-17(16)24(20)15-9-7-14(8-10-15)13-23-11-3-4-12-23/h1-2,5-10H,3-4,11-13H2,(H,26,27). The maximum absolute atomic E-state index is 15.0. The van der Waals surface area contributed by atoms with E-state index in [1.54, 1.807) is 30.3 Å². The molecule has 0 atom stereocenters. The Morgan fingerprint density at radius 3 is 2.37 bits per heavy atom. The fourth-order valence-electron chi connectivity index (χ4n) is 3.69. The first-order valence-electron chi connectivity index (χ1n) is 8.94. The van der Waals surface area contributed by atoms with Crippen LogP contribution < -0.4 is 5.43 Å². The molecule has 1 aliphatic rings. The van der Waals surface area contributed by atoms with E-state index >= 15 is 4.39 Å². The molecular weight excluding hydrogens is 347 g/mol. The maximum Gasteiger partial charge on any atom is 0.344 e. The Bertz CT molecular complexity index is 1070. The first-order chi connectivity index (χ1) is 13.1. The van der Waals surface area contributed by atoms with Gasteiger partial charge in [0.1, 0.15) is 0 Å². The number of hydrogen-bond acceptors (Lipinski definition) is 3. The molecule has 2 aromatic carbocycles. The predicted octanol–water partition coefficient (Wildman–Crippen LogP) is 3.42. The third-order valence-electron chi connectivity index (χ3n) is 5.03. The summed E-state index contributed by atoms with van der Waals surface area (Å²) in [5.74, 6) is -2.62. The van der Waals surface area contributed by atoms with Crippen LogP contribution in [0.4, 0.5) is 4.39 Å². The number of carbonyl (C=O) groups is 1. The van der Waals surface area contributed by atoms with Gasteiger partial charge >= 0.3 is 5.97 Å². The zero-order chi connectivity index (χ0) is 19.0. The van der Waals surface area contributed by atoms with Crippen LogP contribution in [0.5, 0.6) is 0 Å². The van der Waals surface area contributed by atoms with Crippen molar-refractivity contribution in [2.45, 2.75) is 19.4 Å². The fourth-order valence-corrected chi connectivity index (χ4v) is 3.69. The molecule has 1 aromatic heterocycles. The first kappa shape index (κ1) is 17.4. The number of pyridine rings is 1. The highest BCUT2D eigenvalue weighted by Gasteiger charge is 2.23. The van der Waals surface area contributed by atoms with Gasteiger partial charge in [-0.2, -0.15) is 4.39 Å². The summed E-state index contributed by atoms with van der Waals surface area (Å²) in [6.45, 7) is 3.01. The summed E-state index contributed by atoms with van der Waals surface area (Å²) < 4.78 is 16.2. The van der Waals surface area contributed by atoms with Crippen molar-refractivity contribution in [2.24, 2.45) is 0 Å². The zero-order valence-corrected chi connectivity index (χ0v) is 14.7. The van der Waals surface area contributed by atoms with Crippen LogP contribution >= 0.6 is 0 Å². The molecule has 138 valence electrons. The van der Waals surface area contributed by atoms with Crippen LogP contribution in [0.25, 0.3) is 16.6 Å². The van der Waals surface area contributed by atoms with E-state index in [4.69, 9.17) is 0 Å². The summed E-state index contributed by atoms with van der Waals surface area (Å²) in [4.78, 5) is 26.2. The molecule has 6 heteroatoms. The molecule has 1 aliphatic heterocycles. The van der Waals surface area contributed by atoms with Crippen LogP contribution in [0.15, 0.2) is 53.3 Å². The summed E-state index contributed by atoms with van der Waals surface area (Å²) >= 11 is 0. The number of rotatable bonds is 4. The number of carboxylic acid groups (broad SMARTS) is 1. The Kier molecular flexibility index (Phi) is 4.49. The van der Waals surface area contributed by atoms with Crippen LogP contribution in [0.3, 0.4) is 0 Å². The minimum absolute atomic E-state index is 0.178. The molecule has 0 radical (unpaired) electrons. The van der Waals surface area contributed by atoms with E-state index in [1.165, 1.54) is 23.5 Å². The van der Waals surface area contributed by atoms with Gasteiger partial charge in [-0.1, -0.05) is 24.3 Å². The third kappa shape index (κ3) is 3.13. The lowest BCUT2D eigenvalue weighted by molar-refractivity contribution is 0.0689. The van der Waals surface area contributed by atoms with E-state index in [9.17, 15) is 14.7 Å². The molecule has 0 spiro atoms. The normalized spacial score (nSPS) is 14.7. The van der Waals surface area contributed by atoms with Crippen molar-refractivity contribution in [2.75, 3.05) is 13.1 Å². The van der Waals surface area contributed by atoms with E-state index in [0.717, 1.165) is 25.2 Å². The van der Waals surface area contributed by atoms with Crippen LogP contribution in [0.1, 0.15) is 28.8 Å². The van der Waals surface area contributed by atoms with Crippen LogP contribution in [0.2, 0.25) is 0 Å². The number of halogens is 1. The van der Waals surface area contributed by atoms with Gasteiger partial charge in [0.15, 0.2) is 5.56 Å². The largest absolute Gasteiger partial charge is 0.477 e. The number of nitrogens with zero attached hydrogens (tertiary/aromatic N) is 2. The molecule has 3 aromatic rings. The minimum atomic E-state index is -1.57. The lowest BCUT2D eigenvalue weighted by Gasteiger charge is -2.17. The highest BCUT2D eigenvalue weighted by atomic mass is 19.1. The van der Waals surface area contributed by atoms with Crippen molar-refractivity contribution in [1.82, 2.24) is 9.47 Å². The molecular formula is C21H19FN2O3. The lowest BCUT2D eigenvalue weighted by atomic mass is 10.1. The molecule has 1 fully saturated rings. The van der Waals surface area contributed by atoms with Crippen LogP contribution in [-0.4, -0.2) is 33.6 Å². The van der Waals surface area contributed by atoms with Crippen molar-refractivity contribution in [3.05, 3.63) is 75.8 Å². The summed E-state index contributed by atoms with van der Waals surface area (Å²) in [6.07, 6.45) is 2.43. The number of hydrogen-bond donors (Lipinski definition) is 1. The van der Waals surface area contributed by atoms with Crippen molar-refractivity contribution < 1.29 is 14.3 Å². The predicted molar refractivity (Wildman–Crippen MR) is 101 cm³/mol. The van der Waals surface area contributed by atoms with Crippen molar-refractivity contribution in [1.29, 1.82) is 0 Å². The zero-order valence-electron chi connectivity index (χ0n) is 14.7. The van der Waals surface area contributed by atoms with Gasteiger partial charge < -0.3 is 5.11 Å². The summed E-state index contributed by atoms with van der Waals surface area (Å²) in [5, 5.41) is 9.50. The Labute approximate surface area is 155 Å². The summed E-state index contributed by atoms with van der Waals surface area (Å²) in [5.41, 5.74) is 0.297. The SMILES string of the molecule is O=C(O)c1c(F)n(-c2ccc(CN3CCCC3)cc2)c2ccccc2c1=O. The molecule has 5 nitrogen and oxygen atoms in total. The number of fused-ring (bicyclic) bond motifs is 1. The number of likely N-dealkylation sites (tertiary alicyclic amines) is 1. The van der Waals surface area contributed by atoms with Gasteiger partial charge in [0.2, 0.25) is 11.4 Å². The number of benzene rings is 2.